The summed E-state index contributed by atoms with van der Waals surface area (Å²) in [5.74, 6) is -1.12. The Bertz CT molecular complexity index is 774. The minimum Gasteiger partial charge on any atom is -0.383 e. The highest BCUT2D eigenvalue weighted by molar-refractivity contribution is 6.31. The van der Waals surface area contributed by atoms with E-state index in [0.717, 1.165) is 38.3 Å². The first-order chi connectivity index (χ1) is 14.0. The molecule has 1 aromatic rings. The number of rotatable bonds is 7. The molecule has 1 saturated heterocycles. The first-order valence-corrected chi connectivity index (χ1v) is 10.6. The molecule has 2 aliphatic rings. The second-order valence-corrected chi connectivity index (χ2v) is 7.99. The van der Waals surface area contributed by atoms with Crippen LogP contribution in [0, 0.1) is 5.92 Å². The van der Waals surface area contributed by atoms with Crippen LogP contribution in [0.2, 0.25) is 5.02 Å². The van der Waals surface area contributed by atoms with Crippen LogP contribution >= 0.6 is 11.6 Å². The fraction of sp³-hybridized carbons (Fsp3) is 0.545. The third-order valence-electron chi connectivity index (χ3n) is 5.92. The summed E-state index contributed by atoms with van der Waals surface area (Å²) in [5, 5.41) is 0.589. The standard InChI is InChI=1S/C22H30ClN3O3/c1-4-24-9-11-25(12-10-24)21(17-7-5-6-8-18(17)23)20-19(27)15-16(2)26(22(20)28)13-14-29-3/h5-8,15,20-21H,4,9-14H2,1-3H3. The molecular weight excluding hydrogens is 390 g/mol. The van der Waals surface area contributed by atoms with E-state index in [2.05, 4.69) is 16.7 Å². The van der Waals surface area contributed by atoms with Gasteiger partial charge in [-0.25, -0.2) is 0 Å². The molecule has 6 nitrogen and oxygen atoms in total. The summed E-state index contributed by atoms with van der Waals surface area (Å²) < 4.78 is 5.16. The van der Waals surface area contributed by atoms with E-state index in [1.807, 2.05) is 24.3 Å². The van der Waals surface area contributed by atoms with Gasteiger partial charge >= 0.3 is 0 Å². The number of hydrogen-bond donors (Lipinski definition) is 0. The molecule has 2 unspecified atom stereocenters. The predicted molar refractivity (Wildman–Crippen MR) is 114 cm³/mol. The summed E-state index contributed by atoms with van der Waals surface area (Å²) in [7, 11) is 1.61. The maximum absolute atomic E-state index is 13.5. The van der Waals surface area contributed by atoms with Crippen molar-refractivity contribution in [2.75, 3.05) is 53.0 Å². The second-order valence-electron chi connectivity index (χ2n) is 7.59. The molecule has 0 aromatic heterocycles. The third-order valence-corrected chi connectivity index (χ3v) is 6.27. The van der Waals surface area contributed by atoms with Crippen molar-refractivity contribution in [2.24, 2.45) is 5.92 Å². The maximum Gasteiger partial charge on any atom is 0.239 e. The Morgan fingerprint density at radius 2 is 1.86 bits per heavy atom. The number of ketones is 1. The number of hydrogen-bond acceptors (Lipinski definition) is 5. The van der Waals surface area contributed by atoms with Crippen LogP contribution in [0.15, 0.2) is 36.0 Å². The average Bonchev–Trinajstić information content (AvgIpc) is 2.72. The molecule has 7 heteroatoms. The van der Waals surface area contributed by atoms with Crippen LogP contribution in [-0.2, 0) is 14.3 Å². The fourth-order valence-corrected chi connectivity index (χ4v) is 4.50. The number of benzene rings is 1. The molecule has 1 amide bonds. The van der Waals surface area contributed by atoms with Crippen LogP contribution in [-0.4, -0.2) is 79.4 Å². The summed E-state index contributed by atoms with van der Waals surface area (Å²) in [5.41, 5.74) is 1.51. The molecule has 3 rings (SSSR count). The lowest BCUT2D eigenvalue weighted by atomic mass is 9.84. The van der Waals surface area contributed by atoms with Crippen molar-refractivity contribution in [1.29, 1.82) is 0 Å². The van der Waals surface area contributed by atoms with Gasteiger partial charge in [0.2, 0.25) is 5.91 Å². The molecule has 29 heavy (non-hydrogen) atoms. The normalized spacial score (nSPS) is 22.7. The number of nitrogens with zero attached hydrogens (tertiary/aromatic N) is 3. The van der Waals surface area contributed by atoms with Crippen molar-refractivity contribution in [3.63, 3.8) is 0 Å². The number of allylic oxidation sites excluding steroid dienone is 2. The Labute approximate surface area is 178 Å². The molecule has 0 radical (unpaired) electrons. The number of carbonyl (C=O) groups is 2. The molecule has 0 aliphatic carbocycles. The highest BCUT2D eigenvalue weighted by Crippen LogP contribution is 2.38. The van der Waals surface area contributed by atoms with Crippen LogP contribution in [0.1, 0.15) is 25.5 Å². The van der Waals surface area contributed by atoms with Gasteiger partial charge in [-0.3, -0.25) is 14.5 Å². The van der Waals surface area contributed by atoms with Crippen molar-refractivity contribution in [1.82, 2.24) is 14.7 Å². The van der Waals surface area contributed by atoms with E-state index in [9.17, 15) is 9.59 Å². The highest BCUT2D eigenvalue weighted by atomic mass is 35.5. The van der Waals surface area contributed by atoms with Gasteiger partial charge in [0.25, 0.3) is 0 Å². The summed E-state index contributed by atoms with van der Waals surface area (Å²) >= 11 is 6.55. The van der Waals surface area contributed by atoms with Gasteiger partial charge in [0.15, 0.2) is 5.78 Å². The molecule has 1 fully saturated rings. The first kappa shape index (κ1) is 22.0. The highest BCUT2D eigenvalue weighted by Gasteiger charge is 2.44. The van der Waals surface area contributed by atoms with Crippen LogP contribution < -0.4 is 0 Å². The summed E-state index contributed by atoms with van der Waals surface area (Å²) in [6.45, 7) is 9.21. The Morgan fingerprint density at radius 3 is 2.48 bits per heavy atom. The molecule has 0 N–H and O–H groups in total. The number of ether oxygens (including phenoxy) is 1. The van der Waals surface area contributed by atoms with Crippen LogP contribution in [0.25, 0.3) is 0 Å². The molecule has 158 valence electrons. The van der Waals surface area contributed by atoms with Crippen LogP contribution in [0.5, 0.6) is 0 Å². The number of carbonyl (C=O) groups excluding carboxylic acids is 2. The zero-order chi connectivity index (χ0) is 21.0. The van der Waals surface area contributed by atoms with Crippen molar-refractivity contribution in [3.05, 3.63) is 46.6 Å². The van der Waals surface area contributed by atoms with E-state index in [1.165, 1.54) is 0 Å². The Hall–Kier alpha value is -1.73. The van der Waals surface area contributed by atoms with Gasteiger partial charge in [-0.05, 0) is 25.1 Å². The summed E-state index contributed by atoms with van der Waals surface area (Å²) in [6.07, 6.45) is 1.59. The molecule has 2 heterocycles. The van der Waals surface area contributed by atoms with Crippen molar-refractivity contribution in [2.45, 2.75) is 19.9 Å². The minimum absolute atomic E-state index is 0.149. The van der Waals surface area contributed by atoms with E-state index in [1.54, 1.807) is 25.0 Å². The lowest BCUT2D eigenvalue weighted by Crippen LogP contribution is -2.54. The zero-order valence-electron chi connectivity index (χ0n) is 17.4. The minimum atomic E-state index is -0.802. The smallest absolute Gasteiger partial charge is 0.239 e. The van der Waals surface area contributed by atoms with Gasteiger partial charge in [-0.1, -0.05) is 36.7 Å². The second kappa shape index (κ2) is 9.85. The molecular formula is C22H30ClN3O3. The molecule has 0 saturated carbocycles. The number of amides is 1. The maximum atomic E-state index is 13.5. The Balaban J connectivity index is 1.98. The monoisotopic (exact) mass is 419 g/mol. The summed E-state index contributed by atoms with van der Waals surface area (Å²) in [6, 6.07) is 7.17. The van der Waals surface area contributed by atoms with E-state index in [-0.39, 0.29) is 17.7 Å². The van der Waals surface area contributed by atoms with E-state index in [0.29, 0.717) is 23.9 Å². The third kappa shape index (κ3) is 4.72. The van der Waals surface area contributed by atoms with E-state index in [4.69, 9.17) is 16.3 Å². The first-order valence-electron chi connectivity index (χ1n) is 10.2. The number of piperazine rings is 1. The molecule has 0 bridgehead atoms. The predicted octanol–water partition coefficient (Wildman–Crippen LogP) is 2.60. The topological polar surface area (TPSA) is 53.1 Å². The van der Waals surface area contributed by atoms with Gasteiger partial charge in [0.05, 0.1) is 12.6 Å². The fourth-order valence-electron chi connectivity index (χ4n) is 4.26. The molecule has 0 spiro atoms. The van der Waals surface area contributed by atoms with Crippen molar-refractivity contribution in [3.8, 4) is 0 Å². The SMILES string of the molecule is CCN1CCN(C(c2ccccc2Cl)C2C(=O)C=C(C)N(CCOC)C2=O)CC1. The van der Waals surface area contributed by atoms with Gasteiger partial charge in [0.1, 0.15) is 5.92 Å². The quantitative estimate of drug-likeness (QED) is 0.636. The number of methoxy groups -OCH3 is 1. The van der Waals surface area contributed by atoms with Crippen molar-refractivity contribution < 1.29 is 14.3 Å². The number of likely N-dealkylation sites (N-methyl/N-ethyl adjacent to an activating group) is 1. The average molecular weight is 420 g/mol. The van der Waals surface area contributed by atoms with E-state index >= 15 is 0 Å². The lowest BCUT2D eigenvalue weighted by molar-refractivity contribution is -0.144. The Morgan fingerprint density at radius 1 is 1.17 bits per heavy atom. The Kier molecular flexibility index (Phi) is 7.46. The lowest BCUT2D eigenvalue weighted by Gasteiger charge is -2.43. The van der Waals surface area contributed by atoms with Gasteiger partial charge in [0, 0.05) is 56.6 Å². The zero-order valence-corrected chi connectivity index (χ0v) is 18.2. The van der Waals surface area contributed by atoms with Crippen molar-refractivity contribution >= 4 is 23.3 Å². The van der Waals surface area contributed by atoms with Crippen LogP contribution in [0.3, 0.4) is 0 Å². The van der Waals surface area contributed by atoms with Crippen LogP contribution in [0.4, 0.5) is 0 Å². The van der Waals surface area contributed by atoms with Gasteiger partial charge in [-0.2, -0.15) is 0 Å². The largest absolute Gasteiger partial charge is 0.383 e. The number of halogens is 1. The molecule has 1 aromatic carbocycles. The molecule has 2 aliphatic heterocycles. The molecule has 2 atom stereocenters. The van der Waals surface area contributed by atoms with Gasteiger partial charge < -0.3 is 14.5 Å². The van der Waals surface area contributed by atoms with Gasteiger partial charge in [-0.15, -0.1) is 0 Å². The van der Waals surface area contributed by atoms with E-state index < -0.39 is 5.92 Å². The summed E-state index contributed by atoms with van der Waals surface area (Å²) in [4.78, 5) is 32.8.